The number of hydrogen-bond acceptors (Lipinski definition) is 5. The Morgan fingerprint density at radius 1 is 0.974 bits per heavy atom. The van der Waals surface area contributed by atoms with E-state index in [9.17, 15) is 19.2 Å². The van der Waals surface area contributed by atoms with Crippen LogP contribution in [0.1, 0.15) is 16.7 Å². The Bertz CT molecular complexity index is 1520. The first-order valence-electron chi connectivity index (χ1n) is 11.2. The maximum absolute atomic E-state index is 13.2. The van der Waals surface area contributed by atoms with Crippen LogP contribution in [-0.2, 0) is 14.4 Å². The van der Waals surface area contributed by atoms with Gasteiger partial charge in [-0.3, -0.25) is 19.7 Å². The molecule has 1 heterocycles. The van der Waals surface area contributed by atoms with E-state index in [1.165, 1.54) is 42.5 Å². The second kappa shape index (κ2) is 11.3. The third kappa shape index (κ3) is 5.99. The number of carbonyl (C=O) groups is 4. The molecule has 3 aromatic rings. The van der Waals surface area contributed by atoms with E-state index >= 15 is 0 Å². The fraction of sp³-hybridized carbons (Fsp3) is 0.111. The molecule has 4 rings (SSSR count). The number of benzene rings is 3. The van der Waals surface area contributed by atoms with E-state index in [0.717, 1.165) is 16.0 Å². The zero-order valence-electron chi connectivity index (χ0n) is 20.1. The lowest BCUT2D eigenvalue weighted by Crippen LogP contribution is -2.54. The number of nitrogens with one attached hydrogen (secondary N) is 2. The number of amides is 5. The van der Waals surface area contributed by atoms with Crippen LogP contribution in [0.25, 0.3) is 6.08 Å². The molecule has 194 valence electrons. The predicted molar refractivity (Wildman–Crippen MR) is 147 cm³/mol. The van der Waals surface area contributed by atoms with Gasteiger partial charge in [-0.05, 0) is 68.0 Å². The molecule has 3 aromatic carbocycles. The van der Waals surface area contributed by atoms with Crippen LogP contribution < -0.4 is 20.3 Å². The van der Waals surface area contributed by atoms with Crippen molar-refractivity contribution in [2.24, 2.45) is 0 Å². The summed E-state index contributed by atoms with van der Waals surface area (Å²) in [5.41, 5.74) is 2.63. The average Bonchev–Trinajstić information content (AvgIpc) is 2.85. The molecule has 0 aromatic heterocycles. The van der Waals surface area contributed by atoms with Gasteiger partial charge in [0.25, 0.3) is 17.7 Å². The van der Waals surface area contributed by atoms with Crippen molar-refractivity contribution in [1.82, 2.24) is 5.32 Å². The summed E-state index contributed by atoms with van der Waals surface area (Å²) in [6.07, 6.45) is 1.23. The molecule has 0 aliphatic carbocycles. The normalized spacial score (nSPS) is 14.5. The lowest BCUT2D eigenvalue weighted by molar-refractivity contribution is -0.122. The molecule has 1 fully saturated rings. The number of hydrogen-bond donors (Lipinski definition) is 2. The van der Waals surface area contributed by atoms with Gasteiger partial charge in [-0.2, -0.15) is 0 Å². The van der Waals surface area contributed by atoms with E-state index < -0.39 is 23.8 Å². The first kappa shape index (κ1) is 27.2. The number of ether oxygens (including phenoxy) is 1. The first-order valence-corrected chi connectivity index (χ1v) is 12.3. The molecule has 0 unspecified atom stereocenters. The fourth-order valence-corrected chi connectivity index (χ4v) is 4.19. The average molecular weight is 573 g/mol. The van der Waals surface area contributed by atoms with Gasteiger partial charge in [0.2, 0.25) is 0 Å². The van der Waals surface area contributed by atoms with Gasteiger partial charge < -0.3 is 10.1 Å². The molecule has 2 N–H and O–H groups in total. The minimum Gasteiger partial charge on any atom is -0.483 e. The minimum absolute atomic E-state index is 0.117. The summed E-state index contributed by atoms with van der Waals surface area (Å²) >= 11 is 18.1. The predicted octanol–water partition coefficient (Wildman–Crippen LogP) is 5.95. The molecule has 0 bridgehead atoms. The third-order valence-electron chi connectivity index (χ3n) is 5.55. The zero-order valence-corrected chi connectivity index (χ0v) is 22.4. The van der Waals surface area contributed by atoms with Gasteiger partial charge in [-0.1, -0.05) is 52.5 Å². The summed E-state index contributed by atoms with van der Waals surface area (Å²) in [5.74, 6) is -2.02. The Hall–Kier alpha value is -3.85. The highest BCUT2D eigenvalue weighted by molar-refractivity contribution is 6.43. The van der Waals surface area contributed by atoms with Gasteiger partial charge in [0.1, 0.15) is 11.3 Å². The molecule has 1 aliphatic rings. The Labute approximate surface area is 233 Å². The number of urea groups is 1. The van der Waals surface area contributed by atoms with Gasteiger partial charge in [0.15, 0.2) is 6.61 Å². The second-order valence-electron chi connectivity index (χ2n) is 8.39. The monoisotopic (exact) mass is 571 g/mol. The Morgan fingerprint density at radius 2 is 1.74 bits per heavy atom. The topological polar surface area (TPSA) is 105 Å². The molecule has 38 heavy (non-hydrogen) atoms. The molecule has 5 amide bonds. The highest BCUT2D eigenvalue weighted by atomic mass is 35.5. The molecule has 1 aliphatic heterocycles. The van der Waals surface area contributed by atoms with Gasteiger partial charge >= 0.3 is 6.03 Å². The third-order valence-corrected chi connectivity index (χ3v) is 6.52. The maximum atomic E-state index is 13.2. The van der Waals surface area contributed by atoms with Crippen molar-refractivity contribution in [3.63, 3.8) is 0 Å². The van der Waals surface area contributed by atoms with Gasteiger partial charge in [-0.15, -0.1) is 0 Å². The summed E-state index contributed by atoms with van der Waals surface area (Å²) in [6.45, 7) is 3.49. The van der Waals surface area contributed by atoms with E-state index in [1.807, 2.05) is 26.0 Å². The van der Waals surface area contributed by atoms with E-state index in [2.05, 4.69) is 10.6 Å². The second-order valence-corrected chi connectivity index (χ2v) is 9.64. The molecule has 0 saturated carbocycles. The molecular formula is C27H20Cl3N3O5. The van der Waals surface area contributed by atoms with Gasteiger partial charge in [-0.25, -0.2) is 9.69 Å². The van der Waals surface area contributed by atoms with Crippen LogP contribution in [-0.4, -0.2) is 30.4 Å². The highest BCUT2D eigenvalue weighted by Crippen LogP contribution is 2.31. The Balaban J connectivity index is 1.59. The van der Waals surface area contributed by atoms with E-state index in [-0.39, 0.29) is 39.2 Å². The summed E-state index contributed by atoms with van der Waals surface area (Å²) in [4.78, 5) is 51.6. The van der Waals surface area contributed by atoms with E-state index in [0.29, 0.717) is 10.7 Å². The number of carbonyl (C=O) groups excluding carboxylic acids is 4. The van der Waals surface area contributed by atoms with Crippen LogP contribution in [0.3, 0.4) is 0 Å². The van der Waals surface area contributed by atoms with Crippen molar-refractivity contribution in [3.8, 4) is 5.75 Å². The van der Waals surface area contributed by atoms with Crippen LogP contribution in [0.2, 0.25) is 15.1 Å². The number of aryl methyl sites for hydroxylation is 2. The lowest BCUT2D eigenvalue weighted by atomic mass is 10.1. The number of barbiturate groups is 1. The zero-order chi connectivity index (χ0) is 27.6. The van der Waals surface area contributed by atoms with Crippen molar-refractivity contribution in [3.05, 3.63) is 91.9 Å². The molecule has 0 radical (unpaired) electrons. The number of nitrogens with zero attached hydrogens (tertiary/aromatic N) is 1. The van der Waals surface area contributed by atoms with Crippen molar-refractivity contribution in [2.75, 3.05) is 16.8 Å². The van der Waals surface area contributed by atoms with Crippen LogP contribution in [0, 0.1) is 13.8 Å². The minimum atomic E-state index is -0.943. The quantitative estimate of drug-likeness (QED) is 0.281. The molecule has 11 heteroatoms. The van der Waals surface area contributed by atoms with Crippen LogP contribution in [0.4, 0.5) is 16.2 Å². The van der Waals surface area contributed by atoms with Crippen molar-refractivity contribution in [2.45, 2.75) is 13.8 Å². The summed E-state index contributed by atoms with van der Waals surface area (Å²) in [7, 11) is 0. The van der Waals surface area contributed by atoms with Crippen LogP contribution in [0.5, 0.6) is 5.75 Å². The SMILES string of the molecule is Cc1ccc(NC(=O)COc2ccc(Cl)cc2/C=C2/C(=O)NC(=O)N(c3ccc(Cl)c(Cl)c3)C2=O)c(C)c1. The van der Waals surface area contributed by atoms with Crippen molar-refractivity contribution in [1.29, 1.82) is 0 Å². The smallest absolute Gasteiger partial charge is 0.335 e. The summed E-state index contributed by atoms with van der Waals surface area (Å²) in [5, 5.41) is 5.56. The largest absolute Gasteiger partial charge is 0.483 e. The van der Waals surface area contributed by atoms with Crippen LogP contribution in [0.15, 0.2) is 60.2 Å². The standard InChI is InChI=1S/C27H20Cl3N3O5/c1-14-3-7-22(15(2)9-14)31-24(34)13-38-23-8-4-17(28)10-16(23)11-19-25(35)32-27(37)33(26(19)36)18-5-6-20(29)21(30)12-18/h3-12H,13H2,1-2H3,(H,31,34)(H,32,35,37)/b19-11-. The highest BCUT2D eigenvalue weighted by Gasteiger charge is 2.37. The van der Waals surface area contributed by atoms with Crippen molar-refractivity contribution >= 4 is 76.0 Å². The molecule has 0 atom stereocenters. The number of imide groups is 2. The van der Waals surface area contributed by atoms with Crippen molar-refractivity contribution < 1.29 is 23.9 Å². The first-order chi connectivity index (χ1) is 18.0. The van der Waals surface area contributed by atoms with Gasteiger partial charge in [0.05, 0.1) is 15.7 Å². The van der Waals surface area contributed by atoms with E-state index in [1.54, 1.807) is 6.07 Å². The van der Waals surface area contributed by atoms with Crippen LogP contribution >= 0.6 is 34.8 Å². The summed E-state index contributed by atoms with van der Waals surface area (Å²) in [6, 6.07) is 13.4. The van der Waals surface area contributed by atoms with E-state index in [4.69, 9.17) is 39.5 Å². The Morgan fingerprint density at radius 3 is 2.45 bits per heavy atom. The maximum Gasteiger partial charge on any atom is 0.335 e. The summed E-state index contributed by atoms with van der Waals surface area (Å²) < 4.78 is 5.69. The molecule has 0 spiro atoms. The number of rotatable bonds is 6. The van der Waals surface area contributed by atoms with Gasteiger partial charge in [0, 0.05) is 16.3 Å². The molecule has 1 saturated heterocycles. The molecule has 8 nitrogen and oxygen atoms in total. The lowest BCUT2D eigenvalue weighted by Gasteiger charge is -2.26. The fourth-order valence-electron chi connectivity index (χ4n) is 3.72. The molecular weight excluding hydrogens is 553 g/mol. The Kier molecular flexibility index (Phi) is 8.06. The number of halogens is 3. The number of anilines is 2.